The van der Waals surface area contributed by atoms with Gasteiger partial charge in [0.2, 0.25) is 0 Å². The first-order valence-corrected chi connectivity index (χ1v) is 9.98. The number of ether oxygens (including phenoxy) is 1. The Kier molecular flexibility index (Phi) is 5.50. The highest BCUT2D eigenvalue weighted by atomic mass is 16.5. The van der Waals surface area contributed by atoms with Gasteiger partial charge in [-0.1, -0.05) is 32.9 Å². The number of nitrogens with zero attached hydrogens (tertiary/aromatic N) is 1. The van der Waals surface area contributed by atoms with Crippen LogP contribution in [0.3, 0.4) is 0 Å². The molecule has 2 aliphatic rings. The first-order valence-electron chi connectivity index (χ1n) is 9.98. The third-order valence-electron chi connectivity index (χ3n) is 6.34. The number of carbonyl (C=O) groups excluding carboxylic acids is 3. The average Bonchev–Trinajstić information content (AvgIpc) is 2.89. The second-order valence-corrected chi connectivity index (χ2v) is 9.02. The van der Waals surface area contributed by atoms with E-state index in [9.17, 15) is 14.4 Å². The van der Waals surface area contributed by atoms with Crippen LogP contribution in [-0.4, -0.2) is 42.0 Å². The van der Waals surface area contributed by atoms with Crippen LogP contribution in [0.1, 0.15) is 62.4 Å². The maximum Gasteiger partial charge on any atom is 0.337 e. The monoisotopic (exact) mass is 386 g/mol. The summed E-state index contributed by atoms with van der Waals surface area (Å²) in [4.78, 5) is 37.9. The summed E-state index contributed by atoms with van der Waals surface area (Å²) < 4.78 is 4.71. The summed E-state index contributed by atoms with van der Waals surface area (Å²) in [6.07, 6.45) is 4.23. The van der Waals surface area contributed by atoms with Gasteiger partial charge in [-0.2, -0.15) is 0 Å². The highest BCUT2D eigenvalue weighted by Crippen LogP contribution is 2.44. The van der Waals surface area contributed by atoms with Crippen LogP contribution in [0.25, 0.3) is 0 Å². The third kappa shape index (κ3) is 3.91. The summed E-state index contributed by atoms with van der Waals surface area (Å²) in [6.45, 7) is 7.24. The van der Waals surface area contributed by atoms with Gasteiger partial charge in [0.15, 0.2) is 0 Å². The fraction of sp³-hybridized carbons (Fsp3) is 0.591. The van der Waals surface area contributed by atoms with Gasteiger partial charge in [0, 0.05) is 6.54 Å². The van der Waals surface area contributed by atoms with E-state index in [-0.39, 0.29) is 11.4 Å². The SMILES string of the molecule is COC(=O)c1ccc(CCN2C(=O)C(=O)NC23CCC(C(C)(C)C)CC3)cc1. The molecule has 1 N–H and O–H groups in total. The molecule has 2 fully saturated rings. The Balaban J connectivity index is 1.68. The normalized spacial score (nSPS) is 25.1. The Morgan fingerprint density at radius 2 is 1.79 bits per heavy atom. The number of esters is 1. The van der Waals surface area contributed by atoms with Crippen LogP contribution in [0.2, 0.25) is 0 Å². The van der Waals surface area contributed by atoms with E-state index in [0.29, 0.717) is 24.4 Å². The summed E-state index contributed by atoms with van der Waals surface area (Å²) in [5, 5.41) is 2.99. The van der Waals surface area contributed by atoms with E-state index in [1.165, 1.54) is 7.11 Å². The lowest BCUT2D eigenvalue weighted by molar-refractivity contribution is -0.141. The largest absolute Gasteiger partial charge is 0.465 e. The topological polar surface area (TPSA) is 75.7 Å². The number of carbonyl (C=O) groups is 3. The Hall–Kier alpha value is -2.37. The van der Waals surface area contributed by atoms with E-state index in [1.807, 2.05) is 12.1 Å². The zero-order chi connectivity index (χ0) is 20.5. The van der Waals surface area contributed by atoms with Gasteiger partial charge in [0.05, 0.1) is 12.7 Å². The standard InChI is InChI=1S/C22H30N2O4/c1-21(2,3)17-9-12-22(13-10-17)23-18(25)19(26)24(22)14-11-15-5-7-16(8-6-15)20(27)28-4/h5-8,17H,9-14H2,1-4H3,(H,23,25). The molecule has 0 radical (unpaired) electrons. The average molecular weight is 386 g/mol. The molecule has 6 heteroatoms. The van der Waals surface area contributed by atoms with Crippen molar-refractivity contribution < 1.29 is 19.1 Å². The summed E-state index contributed by atoms with van der Waals surface area (Å²) in [5.74, 6) is -0.695. The van der Waals surface area contributed by atoms with E-state index in [2.05, 4.69) is 26.1 Å². The fourth-order valence-electron chi connectivity index (χ4n) is 4.49. The molecule has 1 spiro atoms. The summed E-state index contributed by atoms with van der Waals surface area (Å²) in [5.41, 5.74) is 1.21. The number of hydrogen-bond acceptors (Lipinski definition) is 4. The highest BCUT2D eigenvalue weighted by Gasteiger charge is 2.51. The van der Waals surface area contributed by atoms with Crippen molar-refractivity contribution in [3.63, 3.8) is 0 Å². The Morgan fingerprint density at radius 1 is 1.18 bits per heavy atom. The molecule has 152 valence electrons. The molecular formula is C22H30N2O4. The number of amides is 2. The van der Waals surface area contributed by atoms with Gasteiger partial charge in [-0.25, -0.2) is 4.79 Å². The molecule has 3 rings (SSSR count). The molecule has 28 heavy (non-hydrogen) atoms. The van der Waals surface area contributed by atoms with Crippen LogP contribution in [0.4, 0.5) is 0 Å². The number of hydrogen-bond donors (Lipinski definition) is 1. The van der Waals surface area contributed by atoms with Gasteiger partial charge >= 0.3 is 17.8 Å². The zero-order valence-corrected chi connectivity index (χ0v) is 17.2. The molecular weight excluding hydrogens is 356 g/mol. The predicted octanol–water partition coefficient (Wildman–Crippen LogP) is 2.91. The molecule has 1 heterocycles. The summed E-state index contributed by atoms with van der Waals surface area (Å²) in [7, 11) is 1.35. The number of rotatable bonds is 4. The lowest BCUT2D eigenvalue weighted by Crippen LogP contribution is -2.55. The fourth-order valence-corrected chi connectivity index (χ4v) is 4.49. The lowest BCUT2D eigenvalue weighted by atomic mass is 9.69. The van der Waals surface area contributed by atoms with Gasteiger partial charge < -0.3 is 15.0 Å². The van der Waals surface area contributed by atoms with Gasteiger partial charge in [-0.15, -0.1) is 0 Å². The van der Waals surface area contributed by atoms with Crippen LogP contribution in [-0.2, 0) is 20.7 Å². The molecule has 2 amide bonds. The van der Waals surface area contributed by atoms with E-state index in [4.69, 9.17) is 4.74 Å². The lowest BCUT2D eigenvalue weighted by Gasteiger charge is -2.45. The van der Waals surface area contributed by atoms with Crippen molar-refractivity contribution in [1.29, 1.82) is 0 Å². The third-order valence-corrected chi connectivity index (χ3v) is 6.34. The number of methoxy groups -OCH3 is 1. The van der Waals surface area contributed by atoms with Crippen molar-refractivity contribution in [2.45, 2.75) is 58.5 Å². The maximum absolute atomic E-state index is 12.5. The van der Waals surface area contributed by atoms with Crippen LogP contribution in [0.5, 0.6) is 0 Å². The molecule has 0 unspecified atom stereocenters. The minimum atomic E-state index is -0.540. The van der Waals surface area contributed by atoms with Crippen LogP contribution in [0, 0.1) is 11.3 Å². The van der Waals surface area contributed by atoms with Crippen LogP contribution in [0.15, 0.2) is 24.3 Å². The van der Waals surface area contributed by atoms with E-state index in [1.54, 1.807) is 17.0 Å². The smallest absolute Gasteiger partial charge is 0.337 e. The second-order valence-electron chi connectivity index (χ2n) is 9.02. The Bertz CT molecular complexity index is 756. The van der Waals surface area contributed by atoms with Crippen molar-refractivity contribution in [3.8, 4) is 0 Å². The molecule has 6 nitrogen and oxygen atoms in total. The molecule has 0 atom stereocenters. The molecule has 1 aliphatic heterocycles. The number of benzene rings is 1. The highest BCUT2D eigenvalue weighted by molar-refractivity contribution is 6.37. The van der Waals surface area contributed by atoms with Crippen LogP contribution >= 0.6 is 0 Å². The Labute approximate surface area is 166 Å². The first-order chi connectivity index (χ1) is 13.2. The predicted molar refractivity (Wildman–Crippen MR) is 105 cm³/mol. The number of nitrogens with one attached hydrogen (secondary N) is 1. The van der Waals surface area contributed by atoms with Crippen molar-refractivity contribution in [2.24, 2.45) is 11.3 Å². The van der Waals surface area contributed by atoms with Crippen molar-refractivity contribution in [1.82, 2.24) is 10.2 Å². The zero-order valence-electron chi connectivity index (χ0n) is 17.2. The summed E-state index contributed by atoms with van der Waals surface area (Å²) >= 11 is 0. The maximum atomic E-state index is 12.5. The molecule has 1 aromatic carbocycles. The van der Waals surface area contributed by atoms with E-state index in [0.717, 1.165) is 31.2 Å². The van der Waals surface area contributed by atoms with Crippen LogP contribution < -0.4 is 5.32 Å². The van der Waals surface area contributed by atoms with E-state index < -0.39 is 17.5 Å². The van der Waals surface area contributed by atoms with Crippen molar-refractivity contribution in [3.05, 3.63) is 35.4 Å². The second kappa shape index (κ2) is 7.57. The van der Waals surface area contributed by atoms with E-state index >= 15 is 0 Å². The minimum Gasteiger partial charge on any atom is -0.465 e. The van der Waals surface area contributed by atoms with Gasteiger partial charge in [-0.05, 0) is 61.1 Å². The summed E-state index contributed by atoms with van der Waals surface area (Å²) in [6, 6.07) is 7.18. The minimum absolute atomic E-state index is 0.237. The molecule has 1 saturated carbocycles. The Morgan fingerprint density at radius 3 is 2.32 bits per heavy atom. The first kappa shape index (κ1) is 20.4. The molecule has 0 bridgehead atoms. The van der Waals surface area contributed by atoms with Gasteiger partial charge in [0.25, 0.3) is 0 Å². The molecule has 1 aliphatic carbocycles. The van der Waals surface area contributed by atoms with Gasteiger partial charge in [-0.3, -0.25) is 9.59 Å². The van der Waals surface area contributed by atoms with Crippen molar-refractivity contribution in [2.75, 3.05) is 13.7 Å². The molecule has 0 aromatic heterocycles. The quantitative estimate of drug-likeness (QED) is 0.638. The van der Waals surface area contributed by atoms with Gasteiger partial charge in [0.1, 0.15) is 5.66 Å². The van der Waals surface area contributed by atoms with Crippen molar-refractivity contribution >= 4 is 17.8 Å². The molecule has 1 aromatic rings. The molecule has 1 saturated heterocycles.